The third-order valence-electron chi connectivity index (χ3n) is 6.19. The van der Waals surface area contributed by atoms with E-state index >= 15 is 0 Å². The van der Waals surface area contributed by atoms with E-state index in [1.807, 2.05) is 7.05 Å². The molecule has 4 nitrogen and oxygen atoms in total. The van der Waals surface area contributed by atoms with Crippen molar-refractivity contribution in [3.05, 3.63) is 36.0 Å². The van der Waals surface area contributed by atoms with Gasteiger partial charge in [-0.25, -0.2) is 0 Å². The van der Waals surface area contributed by atoms with Gasteiger partial charge in [-0.05, 0) is 49.1 Å². The molecule has 1 aromatic heterocycles. The number of benzene rings is 1. The van der Waals surface area contributed by atoms with Gasteiger partial charge in [0.05, 0.1) is 0 Å². The fourth-order valence-corrected chi connectivity index (χ4v) is 4.80. The zero-order chi connectivity index (χ0) is 17.1. The number of aliphatic imine (C=N–C) groups is 1. The maximum absolute atomic E-state index is 4.53. The Balaban J connectivity index is 1.27. The number of aromatic nitrogens is 1. The van der Waals surface area contributed by atoms with Crippen LogP contribution in [0.4, 0.5) is 0 Å². The summed E-state index contributed by atoms with van der Waals surface area (Å²) in [5.74, 6) is 1.10. The van der Waals surface area contributed by atoms with E-state index in [4.69, 9.17) is 0 Å². The summed E-state index contributed by atoms with van der Waals surface area (Å²) in [6, 6.07) is 8.55. The predicted octanol–water partition coefficient (Wildman–Crippen LogP) is 3.94. The lowest BCUT2D eigenvalue weighted by atomic mass is 9.86. The molecule has 1 aliphatic heterocycles. The van der Waals surface area contributed by atoms with Gasteiger partial charge in [-0.15, -0.1) is 0 Å². The first kappa shape index (κ1) is 16.5. The molecule has 4 heteroatoms. The number of guanidine groups is 1. The number of rotatable bonds is 4. The Labute approximate surface area is 150 Å². The van der Waals surface area contributed by atoms with Crippen LogP contribution >= 0.6 is 0 Å². The summed E-state index contributed by atoms with van der Waals surface area (Å²) < 4.78 is 0. The molecule has 2 fully saturated rings. The smallest absolute Gasteiger partial charge is 0.193 e. The minimum atomic E-state index is 0.599. The molecule has 1 spiro atoms. The molecule has 134 valence electrons. The third-order valence-corrected chi connectivity index (χ3v) is 6.19. The van der Waals surface area contributed by atoms with Crippen molar-refractivity contribution in [1.29, 1.82) is 0 Å². The number of para-hydroxylation sites is 1. The van der Waals surface area contributed by atoms with Gasteiger partial charge in [-0.2, -0.15) is 0 Å². The maximum Gasteiger partial charge on any atom is 0.193 e. The summed E-state index contributed by atoms with van der Waals surface area (Å²) in [6.07, 6.45) is 11.4. The molecular formula is C21H30N4. The quantitative estimate of drug-likeness (QED) is 0.504. The van der Waals surface area contributed by atoms with E-state index in [-0.39, 0.29) is 0 Å². The van der Waals surface area contributed by atoms with Gasteiger partial charge in [0.25, 0.3) is 0 Å². The van der Waals surface area contributed by atoms with Crippen molar-refractivity contribution in [3.8, 4) is 0 Å². The van der Waals surface area contributed by atoms with Crippen LogP contribution in [-0.2, 0) is 6.42 Å². The minimum absolute atomic E-state index is 0.599. The first-order valence-electron chi connectivity index (χ1n) is 9.80. The van der Waals surface area contributed by atoms with Crippen molar-refractivity contribution in [2.45, 2.75) is 44.9 Å². The number of H-pyrrole nitrogens is 1. The van der Waals surface area contributed by atoms with Crippen molar-refractivity contribution in [2.75, 3.05) is 26.7 Å². The zero-order valence-corrected chi connectivity index (χ0v) is 15.4. The summed E-state index contributed by atoms with van der Waals surface area (Å²) in [7, 11) is 1.92. The Morgan fingerprint density at radius 3 is 2.92 bits per heavy atom. The number of hydrogen-bond acceptors (Lipinski definition) is 1. The van der Waals surface area contributed by atoms with Gasteiger partial charge < -0.3 is 15.2 Å². The summed E-state index contributed by atoms with van der Waals surface area (Å²) >= 11 is 0. The van der Waals surface area contributed by atoms with E-state index in [1.54, 1.807) is 0 Å². The molecule has 2 aromatic rings. The number of aromatic amines is 1. The lowest BCUT2D eigenvalue weighted by Crippen LogP contribution is -2.41. The van der Waals surface area contributed by atoms with Crippen LogP contribution < -0.4 is 5.32 Å². The second kappa shape index (κ2) is 7.11. The molecule has 4 rings (SSSR count). The Morgan fingerprint density at radius 2 is 2.08 bits per heavy atom. The van der Waals surface area contributed by atoms with Crippen LogP contribution in [0.1, 0.15) is 44.1 Å². The molecule has 0 amide bonds. The molecule has 0 radical (unpaired) electrons. The van der Waals surface area contributed by atoms with E-state index in [0.29, 0.717) is 5.41 Å². The van der Waals surface area contributed by atoms with Gasteiger partial charge in [0.2, 0.25) is 0 Å². The Morgan fingerprint density at radius 1 is 1.24 bits per heavy atom. The van der Waals surface area contributed by atoms with Crippen LogP contribution in [0.15, 0.2) is 35.5 Å². The van der Waals surface area contributed by atoms with Gasteiger partial charge in [-0.1, -0.05) is 31.0 Å². The predicted molar refractivity (Wildman–Crippen MR) is 105 cm³/mol. The number of fused-ring (bicyclic) bond motifs is 1. The number of hydrogen-bond donors (Lipinski definition) is 2. The average molecular weight is 338 g/mol. The molecule has 2 N–H and O–H groups in total. The van der Waals surface area contributed by atoms with Gasteiger partial charge >= 0.3 is 0 Å². The van der Waals surface area contributed by atoms with Crippen LogP contribution in [-0.4, -0.2) is 42.5 Å². The monoisotopic (exact) mass is 338 g/mol. The first-order chi connectivity index (χ1) is 12.3. The van der Waals surface area contributed by atoms with E-state index in [2.05, 4.69) is 50.7 Å². The highest BCUT2D eigenvalue weighted by Crippen LogP contribution is 2.45. The highest BCUT2D eigenvalue weighted by Gasteiger charge is 2.40. The number of nitrogens with zero attached hydrogens (tertiary/aromatic N) is 2. The lowest BCUT2D eigenvalue weighted by Gasteiger charge is -2.25. The fraction of sp³-hybridized carbons (Fsp3) is 0.571. The maximum atomic E-state index is 4.53. The standard InChI is InChI=1S/C21H30N4/c1-22-20(25-14-12-21(16-25)10-4-5-11-21)23-13-6-7-17-15-24-19-9-3-2-8-18(17)19/h2-3,8-9,15,24H,4-7,10-14,16H2,1H3,(H,22,23). The molecule has 2 heterocycles. The van der Waals surface area contributed by atoms with Crippen molar-refractivity contribution in [2.24, 2.45) is 10.4 Å². The van der Waals surface area contributed by atoms with Crippen molar-refractivity contribution >= 4 is 16.9 Å². The Bertz CT molecular complexity index is 739. The second-order valence-electron chi connectivity index (χ2n) is 7.82. The molecule has 1 saturated carbocycles. The normalized spacial score (nSPS) is 20.0. The van der Waals surface area contributed by atoms with Crippen molar-refractivity contribution in [3.63, 3.8) is 0 Å². The van der Waals surface area contributed by atoms with Gasteiger partial charge in [0.15, 0.2) is 5.96 Å². The first-order valence-corrected chi connectivity index (χ1v) is 9.80. The van der Waals surface area contributed by atoms with Gasteiger partial charge in [-0.3, -0.25) is 4.99 Å². The molecule has 0 atom stereocenters. The van der Waals surface area contributed by atoms with Crippen LogP contribution in [0.2, 0.25) is 0 Å². The van der Waals surface area contributed by atoms with Crippen LogP contribution in [0.25, 0.3) is 10.9 Å². The van der Waals surface area contributed by atoms with E-state index in [0.717, 1.165) is 25.3 Å². The highest BCUT2D eigenvalue weighted by molar-refractivity contribution is 5.83. The molecular weight excluding hydrogens is 308 g/mol. The van der Waals surface area contributed by atoms with Crippen molar-refractivity contribution < 1.29 is 0 Å². The SMILES string of the molecule is CN=C(NCCCc1c[nH]c2ccccc12)N1CCC2(CCCC2)C1. The van der Waals surface area contributed by atoms with Gasteiger partial charge in [0.1, 0.15) is 0 Å². The molecule has 1 aromatic carbocycles. The zero-order valence-electron chi connectivity index (χ0n) is 15.4. The molecule has 0 bridgehead atoms. The number of likely N-dealkylation sites (tertiary alicyclic amines) is 1. The molecule has 1 aliphatic carbocycles. The summed E-state index contributed by atoms with van der Waals surface area (Å²) in [4.78, 5) is 10.4. The molecule has 1 saturated heterocycles. The molecule has 2 aliphatic rings. The lowest BCUT2D eigenvalue weighted by molar-refractivity contribution is 0.309. The topological polar surface area (TPSA) is 43.4 Å². The third kappa shape index (κ3) is 3.39. The van der Waals surface area contributed by atoms with Crippen LogP contribution in [0, 0.1) is 5.41 Å². The van der Waals surface area contributed by atoms with Crippen molar-refractivity contribution in [1.82, 2.24) is 15.2 Å². The summed E-state index contributed by atoms with van der Waals surface area (Å²) in [5.41, 5.74) is 3.25. The Kier molecular flexibility index (Phi) is 4.69. The number of nitrogens with one attached hydrogen (secondary N) is 2. The second-order valence-corrected chi connectivity index (χ2v) is 7.82. The van der Waals surface area contributed by atoms with E-state index in [9.17, 15) is 0 Å². The fourth-order valence-electron chi connectivity index (χ4n) is 4.80. The molecule has 0 unspecified atom stereocenters. The minimum Gasteiger partial charge on any atom is -0.361 e. The highest BCUT2D eigenvalue weighted by atomic mass is 15.3. The molecule has 25 heavy (non-hydrogen) atoms. The Hall–Kier alpha value is -1.97. The largest absolute Gasteiger partial charge is 0.361 e. The average Bonchev–Trinajstić information content (AvgIpc) is 3.37. The number of aryl methyl sites for hydroxylation is 1. The van der Waals surface area contributed by atoms with E-state index in [1.165, 1.54) is 61.7 Å². The summed E-state index contributed by atoms with van der Waals surface area (Å²) in [6.45, 7) is 3.35. The van der Waals surface area contributed by atoms with E-state index < -0.39 is 0 Å². The van der Waals surface area contributed by atoms with Crippen LogP contribution in [0.3, 0.4) is 0 Å². The summed E-state index contributed by atoms with van der Waals surface area (Å²) in [5, 5.41) is 4.95. The van der Waals surface area contributed by atoms with Gasteiger partial charge in [0, 0.05) is 43.8 Å². The van der Waals surface area contributed by atoms with Crippen LogP contribution in [0.5, 0.6) is 0 Å².